The highest BCUT2D eigenvalue weighted by Crippen LogP contribution is 2.35. The zero-order chi connectivity index (χ0) is 23.8. The molecule has 3 aromatic carbocycles. The summed E-state index contributed by atoms with van der Waals surface area (Å²) < 4.78 is 44.3. The van der Waals surface area contributed by atoms with Crippen molar-refractivity contribution in [2.45, 2.75) is 25.7 Å². The fourth-order valence-electron chi connectivity index (χ4n) is 3.67. The third-order valence-electron chi connectivity index (χ3n) is 5.31. The van der Waals surface area contributed by atoms with Crippen LogP contribution in [-0.2, 0) is 30.5 Å². The third-order valence-corrected chi connectivity index (χ3v) is 5.60. The lowest BCUT2D eigenvalue weighted by molar-refractivity contribution is -0.138. The summed E-state index contributed by atoms with van der Waals surface area (Å²) in [6.07, 6.45) is -4.61. The average Bonchev–Trinajstić information content (AvgIpc) is 3.09. The van der Waals surface area contributed by atoms with Crippen molar-refractivity contribution < 1.29 is 32.6 Å². The summed E-state index contributed by atoms with van der Waals surface area (Å²) in [5.41, 5.74) is 2.04. The molecular weight excluding hydrogens is 459 g/mol. The zero-order valence-corrected chi connectivity index (χ0v) is 17.8. The first-order valence-electron chi connectivity index (χ1n) is 9.86. The van der Waals surface area contributed by atoms with E-state index in [1.165, 1.54) is 23.1 Å². The van der Waals surface area contributed by atoms with Crippen molar-refractivity contribution in [1.82, 2.24) is 0 Å². The van der Waals surface area contributed by atoms with Gasteiger partial charge in [-0.1, -0.05) is 29.8 Å². The lowest BCUT2D eigenvalue weighted by Gasteiger charge is -2.17. The highest BCUT2D eigenvalue weighted by molar-refractivity contribution is 6.32. The Kier molecular flexibility index (Phi) is 6.03. The number of anilines is 1. The van der Waals surface area contributed by atoms with E-state index in [1.807, 2.05) is 0 Å². The van der Waals surface area contributed by atoms with Gasteiger partial charge in [-0.05, 0) is 59.2 Å². The molecule has 33 heavy (non-hydrogen) atoms. The van der Waals surface area contributed by atoms with E-state index in [1.54, 1.807) is 30.3 Å². The molecular formula is C24H17ClF3NO4. The number of nitrogens with zero attached hydrogens (tertiary/aromatic N) is 1. The summed E-state index contributed by atoms with van der Waals surface area (Å²) in [7, 11) is 0. The number of carboxylic acids is 1. The van der Waals surface area contributed by atoms with Gasteiger partial charge in [0.1, 0.15) is 12.4 Å². The van der Waals surface area contributed by atoms with Crippen LogP contribution in [0, 0.1) is 0 Å². The smallest absolute Gasteiger partial charge is 0.416 e. The van der Waals surface area contributed by atoms with Gasteiger partial charge < -0.3 is 14.7 Å². The summed E-state index contributed by atoms with van der Waals surface area (Å²) >= 11 is 6.21. The number of hydrogen-bond donors (Lipinski definition) is 1. The van der Waals surface area contributed by atoms with Gasteiger partial charge in [-0.25, -0.2) is 0 Å². The molecule has 5 nitrogen and oxygen atoms in total. The SMILES string of the molecule is O=C(O)Cc1ccc(OCc2cccc3c2CN(c2ccc(C(F)(F)F)cc2)C3=O)c(Cl)c1. The number of fused-ring (bicyclic) bond motifs is 1. The molecule has 1 aliphatic heterocycles. The molecule has 0 aromatic heterocycles. The minimum atomic E-state index is -4.45. The Hall–Kier alpha value is -3.52. The van der Waals surface area contributed by atoms with Gasteiger partial charge >= 0.3 is 12.1 Å². The average molecular weight is 476 g/mol. The number of carbonyl (C=O) groups is 2. The van der Waals surface area contributed by atoms with E-state index in [9.17, 15) is 22.8 Å². The maximum absolute atomic E-state index is 12.9. The van der Waals surface area contributed by atoms with Crippen LogP contribution in [0.2, 0.25) is 5.02 Å². The summed E-state index contributed by atoms with van der Waals surface area (Å²) in [6, 6.07) is 14.4. The van der Waals surface area contributed by atoms with E-state index in [2.05, 4.69) is 0 Å². The Morgan fingerprint density at radius 3 is 2.45 bits per heavy atom. The molecule has 0 radical (unpaired) electrons. The van der Waals surface area contributed by atoms with Crippen molar-refractivity contribution in [2.24, 2.45) is 0 Å². The number of amides is 1. The van der Waals surface area contributed by atoms with Crippen LogP contribution in [0.3, 0.4) is 0 Å². The Morgan fingerprint density at radius 1 is 1.09 bits per heavy atom. The maximum atomic E-state index is 12.9. The van der Waals surface area contributed by atoms with Gasteiger partial charge in [0.25, 0.3) is 5.91 Å². The summed E-state index contributed by atoms with van der Waals surface area (Å²) in [5.74, 6) is -0.906. The normalized spacial score (nSPS) is 13.2. The van der Waals surface area contributed by atoms with Gasteiger partial charge in [-0.2, -0.15) is 13.2 Å². The van der Waals surface area contributed by atoms with Crippen molar-refractivity contribution in [2.75, 3.05) is 4.90 Å². The first-order valence-corrected chi connectivity index (χ1v) is 10.2. The molecule has 4 rings (SSSR count). The molecule has 0 atom stereocenters. The van der Waals surface area contributed by atoms with E-state index in [0.29, 0.717) is 22.6 Å². The van der Waals surface area contributed by atoms with Gasteiger partial charge in [-0.15, -0.1) is 0 Å². The lowest BCUT2D eigenvalue weighted by atomic mass is 10.0. The number of carboxylic acid groups (broad SMARTS) is 1. The number of rotatable bonds is 6. The standard InChI is InChI=1S/C24H17ClF3NO4/c25-20-10-14(11-22(30)31)4-9-21(20)33-13-15-2-1-3-18-19(15)12-29(23(18)32)17-7-5-16(6-8-17)24(26,27)28/h1-10H,11-13H2,(H,30,31). The molecule has 3 aromatic rings. The van der Waals surface area contributed by atoms with Gasteiger partial charge in [0, 0.05) is 11.3 Å². The highest BCUT2D eigenvalue weighted by atomic mass is 35.5. The van der Waals surface area contributed by atoms with Gasteiger partial charge in [-0.3, -0.25) is 9.59 Å². The summed E-state index contributed by atoms with van der Waals surface area (Å²) in [6.45, 7) is 0.305. The fourth-order valence-corrected chi connectivity index (χ4v) is 3.93. The quantitative estimate of drug-likeness (QED) is 0.495. The number of alkyl halides is 3. The van der Waals surface area contributed by atoms with Crippen molar-refractivity contribution in [1.29, 1.82) is 0 Å². The number of benzene rings is 3. The molecule has 0 unspecified atom stereocenters. The number of aliphatic carboxylic acids is 1. The molecule has 0 fully saturated rings. The van der Waals surface area contributed by atoms with E-state index < -0.39 is 17.7 Å². The Balaban J connectivity index is 1.52. The summed E-state index contributed by atoms with van der Waals surface area (Å²) in [4.78, 5) is 25.1. The van der Waals surface area contributed by atoms with E-state index in [0.717, 1.165) is 23.3 Å². The van der Waals surface area contributed by atoms with Crippen molar-refractivity contribution >= 4 is 29.2 Å². The van der Waals surface area contributed by atoms with Crippen LogP contribution in [0.1, 0.15) is 32.6 Å². The van der Waals surface area contributed by atoms with E-state index >= 15 is 0 Å². The van der Waals surface area contributed by atoms with E-state index in [-0.39, 0.29) is 30.5 Å². The Morgan fingerprint density at radius 2 is 1.82 bits per heavy atom. The van der Waals surface area contributed by atoms with Crippen molar-refractivity contribution in [3.63, 3.8) is 0 Å². The number of carbonyl (C=O) groups excluding carboxylic acids is 1. The molecule has 0 saturated carbocycles. The topological polar surface area (TPSA) is 66.8 Å². The minimum absolute atomic E-state index is 0.106. The van der Waals surface area contributed by atoms with Gasteiger partial charge in [0.2, 0.25) is 0 Å². The molecule has 0 aliphatic carbocycles. The Bertz CT molecular complexity index is 1230. The monoisotopic (exact) mass is 475 g/mol. The number of ether oxygens (including phenoxy) is 1. The van der Waals surface area contributed by atoms with Crippen molar-refractivity contribution in [3.8, 4) is 5.75 Å². The van der Waals surface area contributed by atoms with Crippen LogP contribution in [0.25, 0.3) is 0 Å². The first kappa shape index (κ1) is 22.7. The summed E-state index contributed by atoms with van der Waals surface area (Å²) in [5, 5.41) is 9.15. The molecule has 170 valence electrons. The maximum Gasteiger partial charge on any atom is 0.416 e. The molecule has 9 heteroatoms. The number of hydrogen-bond acceptors (Lipinski definition) is 3. The second-order valence-electron chi connectivity index (χ2n) is 7.50. The molecule has 0 saturated heterocycles. The largest absolute Gasteiger partial charge is 0.487 e. The molecule has 0 spiro atoms. The predicted octanol–water partition coefficient (Wildman–Crippen LogP) is 5.73. The molecule has 1 heterocycles. The lowest BCUT2D eigenvalue weighted by Crippen LogP contribution is -2.23. The molecule has 1 aliphatic rings. The molecule has 1 N–H and O–H groups in total. The van der Waals surface area contributed by atoms with Crippen molar-refractivity contribution in [3.05, 3.63) is 93.5 Å². The van der Waals surface area contributed by atoms with Crippen LogP contribution < -0.4 is 9.64 Å². The van der Waals surface area contributed by atoms with Gasteiger partial charge in [0.15, 0.2) is 0 Å². The first-order chi connectivity index (χ1) is 15.6. The zero-order valence-electron chi connectivity index (χ0n) is 17.0. The second-order valence-corrected chi connectivity index (χ2v) is 7.91. The van der Waals surface area contributed by atoms with Crippen LogP contribution >= 0.6 is 11.6 Å². The fraction of sp³-hybridized carbons (Fsp3) is 0.167. The van der Waals surface area contributed by atoms with E-state index in [4.69, 9.17) is 21.4 Å². The van der Waals surface area contributed by atoms with Gasteiger partial charge in [0.05, 0.1) is 23.6 Å². The third kappa shape index (κ3) is 4.80. The van der Waals surface area contributed by atoms with Crippen LogP contribution in [0.15, 0.2) is 60.7 Å². The molecule has 0 bridgehead atoms. The predicted molar refractivity (Wildman–Crippen MR) is 116 cm³/mol. The highest BCUT2D eigenvalue weighted by Gasteiger charge is 2.33. The molecule has 1 amide bonds. The number of halogens is 4. The second kappa shape index (κ2) is 8.78. The van der Waals surface area contributed by atoms with Crippen LogP contribution in [0.5, 0.6) is 5.75 Å². The Labute approximate surface area is 192 Å². The minimum Gasteiger partial charge on any atom is -0.487 e. The van der Waals surface area contributed by atoms with Crippen LogP contribution in [0.4, 0.5) is 18.9 Å². The van der Waals surface area contributed by atoms with Crippen LogP contribution in [-0.4, -0.2) is 17.0 Å².